The lowest BCUT2D eigenvalue weighted by Gasteiger charge is -2.24. The molecule has 1 rings (SSSR count). The highest BCUT2D eigenvalue weighted by Gasteiger charge is 2.46. The molecular weight excluding hydrogens is 180 g/mol. The molecule has 1 saturated heterocycles. The largest absolute Gasteiger partial charge is 0.344 e. The standard InChI is InChI=1S/C11H18O3/c1-8(7-12)6-11(5)9(2)13-10(3,4)14-11/h6-7,9H,1-5H3/b8-6+. The Morgan fingerprint density at radius 1 is 1.36 bits per heavy atom. The fourth-order valence-corrected chi connectivity index (χ4v) is 1.81. The van der Waals surface area contributed by atoms with E-state index < -0.39 is 11.4 Å². The molecule has 2 unspecified atom stereocenters. The van der Waals surface area contributed by atoms with Gasteiger partial charge in [0.25, 0.3) is 0 Å². The molecule has 0 bridgehead atoms. The minimum absolute atomic E-state index is 0.0487. The molecule has 1 aliphatic heterocycles. The van der Waals surface area contributed by atoms with Gasteiger partial charge in [0.2, 0.25) is 0 Å². The molecule has 3 heteroatoms. The molecule has 0 spiro atoms. The smallest absolute Gasteiger partial charge is 0.164 e. The Labute approximate surface area is 85.1 Å². The summed E-state index contributed by atoms with van der Waals surface area (Å²) in [7, 11) is 0. The van der Waals surface area contributed by atoms with Gasteiger partial charge in [0.05, 0.1) is 6.10 Å². The van der Waals surface area contributed by atoms with Crippen LogP contribution in [0.4, 0.5) is 0 Å². The summed E-state index contributed by atoms with van der Waals surface area (Å²) in [6, 6.07) is 0. The first kappa shape index (κ1) is 11.4. The number of carbonyl (C=O) groups excluding carboxylic acids is 1. The fraction of sp³-hybridized carbons (Fsp3) is 0.727. The van der Waals surface area contributed by atoms with E-state index >= 15 is 0 Å². The fourth-order valence-electron chi connectivity index (χ4n) is 1.81. The summed E-state index contributed by atoms with van der Waals surface area (Å²) in [4.78, 5) is 10.5. The molecule has 0 aromatic rings. The van der Waals surface area contributed by atoms with Gasteiger partial charge in [-0.25, -0.2) is 0 Å². The molecule has 0 aliphatic carbocycles. The van der Waals surface area contributed by atoms with Crippen molar-refractivity contribution in [1.29, 1.82) is 0 Å². The normalized spacial score (nSPS) is 37.2. The summed E-state index contributed by atoms with van der Waals surface area (Å²) in [6.07, 6.45) is 2.60. The molecule has 3 nitrogen and oxygen atoms in total. The van der Waals surface area contributed by atoms with Crippen LogP contribution in [0.3, 0.4) is 0 Å². The Bertz CT molecular complexity index is 268. The van der Waals surface area contributed by atoms with Crippen LogP contribution in [0.15, 0.2) is 11.6 Å². The molecular formula is C11H18O3. The lowest BCUT2D eigenvalue weighted by molar-refractivity contribution is -0.152. The average Bonchev–Trinajstić information content (AvgIpc) is 2.20. The number of hydrogen-bond acceptors (Lipinski definition) is 3. The van der Waals surface area contributed by atoms with Crippen LogP contribution in [0.25, 0.3) is 0 Å². The second kappa shape index (κ2) is 3.48. The molecule has 0 radical (unpaired) electrons. The summed E-state index contributed by atoms with van der Waals surface area (Å²) >= 11 is 0. The number of rotatable bonds is 2. The number of allylic oxidation sites excluding steroid dienone is 1. The maximum atomic E-state index is 10.5. The lowest BCUT2D eigenvalue weighted by atomic mass is 9.98. The third kappa shape index (κ3) is 2.22. The number of hydrogen-bond donors (Lipinski definition) is 0. The summed E-state index contributed by atoms with van der Waals surface area (Å²) in [5, 5.41) is 0. The van der Waals surface area contributed by atoms with E-state index in [9.17, 15) is 4.79 Å². The van der Waals surface area contributed by atoms with Crippen LogP contribution in [-0.2, 0) is 14.3 Å². The molecule has 14 heavy (non-hydrogen) atoms. The Morgan fingerprint density at radius 2 is 1.93 bits per heavy atom. The Balaban J connectivity index is 2.91. The Kier molecular flexibility index (Phi) is 2.83. The van der Waals surface area contributed by atoms with Crippen LogP contribution in [0.1, 0.15) is 34.6 Å². The highest BCUT2D eigenvalue weighted by molar-refractivity contribution is 5.72. The van der Waals surface area contributed by atoms with Gasteiger partial charge in [-0.1, -0.05) is 0 Å². The summed E-state index contributed by atoms with van der Waals surface area (Å²) < 4.78 is 11.4. The van der Waals surface area contributed by atoms with Crippen LogP contribution in [0.5, 0.6) is 0 Å². The molecule has 0 amide bonds. The van der Waals surface area contributed by atoms with Gasteiger partial charge in [-0.05, 0) is 46.3 Å². The summed E-state index contributed by atoms with van der Waals surface area (Å²) in [6.45, 7) is 9.39. The SMILES string of the molecule is C/C(C=O)=C\C1(C)OC(C)(C)OC1C. The van der Waals surface area contributed by atoms with Crippen LogP contribution >= 0.6 is 0 Å². The number of ether oxygens (including phenoxy) is 2. The topological polar surface area (TPSA) is 35.5 Å². The molecule has 0 aromatic heterocycles. The van der Waals surface area contributed by atoms with Crippen molar-refractivity contribution in [2.24, 2.45) is 0 Å². The van der Waals surface area contributed by atoms with Gasteiger partial charge in [0.15, 0.2) is 5.79 Å². The van der Waals surface area contributed by atoms with Crippen molar-refractivity contribution in [2.75, 3.05) is 0 Å². The zero-order valence-electron chi connectivity index (χ0n) is 9.46. The van der Waals surface area contributed by atoms with Gasteiger partial charge < -0.3 is 9.47 Å². The molecule has 1 heterocycles. The summed E-state index contributed by atoms with van der Waals surface area (Å²) in [5.41, 5.74) is 0.162. The maximum Gasteiger partial charge on any atom is 0.164 e. The van der Waals surface area contributed by atoms with E-state index in [2.05, 4.69) is 0 Å². The van der Waals surface area contributed by atoms with Crippen LogP contribution in [-0.4, -0.2) is 23.8 Å². The van der Waals surface area contributed by atoms with Crippen molar-refractivity contribution in [3.8, 4) is 0 Å². The first-order chi connectivity index (χ1) is 6.29. The molecule has 1 fully saturated rings. The van der Waals surface area contributed by atoms with E-state index in [1.807, 2.05) is 33.8 Å². The molecule has 0 N–H and O–H groups in total. The van der Waals surface area contributed by atoms with E-state index in [4.69, 9.17) is 9.47 Å². The Hall–Kier alpha value is -0.670. The predicted molar refractivity (Wildman–Crippen MR) is 53.9 cm³/mol. The second-order valence-electron chi connectivity index (χ2n) is 4.45. The summed E-state index contributed by atoms with van der Waals surface area (Å²) in [5.74, 6) is -0.576. The maximum absolute atomic E-state index is 10.5. The van der Waals surface area contributed by atoms with Crippen LogP contribution in [0.2, 0.25) is 0 Å². The third-order valence-electron chi connectivity index (χ3n) is 2.43. The van der Waals surface area contributed by atoms with Gasteiger partial charge in [-0.3, -0.25) is 4.79 Å². The first-order valence-electron chi connectivity index (χ1n) is 4.82. The minimum Gasteiger partial charge on any atom is -0.344 e. The van der Waals surface area contributed by atoms with E-state index in [1.165, 1.54) is 0 Å². The van der Waals surface area contributed by atoms with Crippen molar-refractivity contribution < 1.29 is 14.3 Å². The minimum atomic E-state index is -0.576. The number of aldehydes is 1. The van der Waals surface area contributed by atoms with Crippen molar-refractivity contribution in [1.82, 2.24) is 0 Å². The molecule has 0 aromatic carbocycles. The van der Waals surface area contributed by atoms with E-state index in [0.717, 1.165) is 6.29 Å². The quantitative estimate of drug-likeness (QED) is 0.503. The monoisotopic (exact) mass is 198 g/mol. The van der Waals surface area contributed by atoms with Crippen molar-refractivity contribution in [3.63, 3.8) is 0 Å². The molecule has 2 atom stereocenters. The highest BCUT2D eigenvalue weighted by atomic mass is 16.8. The van der Waals surface area contributed by atoms with Gasteiger partial charge in [0, 0.05) is 0 Å². The zero-order valence-corrected chi connectivity index (χ0v) is 9.46. The van der Waals surface area contributed by atoms with E-state index in [1.54, 1.807) is 6.92 Å². The van der Waals surface area contributed by atoms with Gasteiger partial charge in [0.1, 0.15) is 11.9 Å². The van der Waals surface area contributed by atoms with Crippen molar-refractivity contribution >= 4 is 6.29 Å². The Morgan fingerprint density at radius 3 is 2.29 bits per heavy atom. The van der Waals surface area contributed by atoms with Gasteiger partial charge in [-0.15, -0.1) is 0 Å². The van der Waals surface area contributed by atoms with Gasteiger partial charge >= 0.3 is 0 Å². The van der Waals surface area contributed by atoms with Crippen LogP contribution in [0, 0.1) is 0 Å². The average molecular weight is 198 g/mol. The van der Waals surface area contributed by atoms with E-state index in [-0.39, 0.29) is 6.10 Å². The van der Waals surface area contributed by atoms with E-state index in [0.29, 0.717) is 5.57 Å². The number of carbonyl (C=O) groups is 1. The lowest BCUT2D eigenvalue weighted by Crippen LogP contribution is -2.33. The third-order valence-corrected chi connectivity index (χ3v) is 2.43. The molecule has 1 aliphatic rings. The second-order valence-corrected chi connectivity index (χ2v) is 4.45. The predicted octanol–water partition coefficient (Wildman–Crippen LogP) is 2.06. The highest BCUT2D eigenvalue weighted by Crippen LogP contribution is 2.37. The van der Waals surface area contributed by atoms with Gasteiger partial charge in [-0.2, -0.15) is 0 Å². The first-order valence-corrected chi connectivity index (χ1v) is 4.82. The molecule has 80 valence electrons. The van der Waals surface area contributed by atoms with Crippen molar-refractivity contribution in [3.05, 3.63) is 11.6 Å². The van der Waals surface area contributed by atoms with Crippen LogP contribution < -0.4 is 0 Å². The zero-order chi connectivity index (χ0) is 11.0. The van der Waals surface area contributed by atoms with Crippen molar-refractivity contribution in [2.45, 2.75) is 52.1 Å². The molecule has 0 saturated carbocycles.